The lowest BCUT2D eigenvalue weighted by Crippen LogP contribution is -2.37. The summed E-state index contributed by atoms with van der Waals surface area (Å²) >= 11 is 0. The maximum Gasteiger partial charge on any atom is 0.0623 e. The number of hydrogen-bond acceptors (Lipinski definition) is 2. The number of hydrogen-bond donors (Lipinski definition) is 1. The molecule has 0 heterocycles. The second kappa shape index (κ2) is 5.64. The fourth-order valence-electron chi connectivity index (χ4n) is 3.15. The standard InChI is InChI=1S/C17H26O2/c1-16(2,19-3)11-12-17(13-18)10-6-8-14-7-4-5-9-15(14)17/h4-5,7,9,18H,6,8,10-13H2,1-3H3. The molecular weight excluding hydrogens is 236 g/mol. The van der Waals surface area contributed by atoms with Crippen LogP contribution in [0.4, 0.5) is 0 Å². The summed E-state index contributed by atoms with van der Waals surface area (Å²) in [6.07, 6.45) is 5.36. The topological polar surface area (TPSA) is 29.5 Å². The minimum atomic E-state index is -0.117. The average molecular weight is 262 g/mol. The van der Waals surface area contributed by atoms with Gasteiger partial charge in [-0.3, -0.25) is 0 Å². The number of ether oxygens (including phenoxy) is 1. The molecule has 2 heteroatoms. The maximum absolute atomic E-state index is 10.0. The Kier molecular flexibility index (Phi) is 4.32. The molecule has 1 aromatic carbocycles. The molecule has 0 bridgehead atoms. The number of methoxy groups -OCH3 is 1. The summed E-state index contributed by atoms with van der Waals surface area (Å²) in [4.78, 5) is 0. The van der Waals surface area contributed by atoms with E-state index in [-0.39, 0.29) is 17.6 Å². The minimum absolute atomic E-state index is 0.0648. The highest BCUT2D eigenvalue weighted by Gasteiger charge is 2.37. The van der Waals surface area contributed by atoms with E-state index in [0.717, 1.165) is 25.7 Å². The number of aryl methyl sites for hydroxylation is 1. The van der Waals surface area contributed by atoms with Gasteiger partial charge in [0.1, 0.15) is 0 Å². The van der Waals surface area contributed by atoms with Gasteiger partial charge in [-0.15, -0.1) is 0 Å². The van der Waals surface area contributed by atoms with Crippen molar-refractivity contribution in [2.75, 3.05) is 13.7 Å². The zero-order chi connectivity index (χ0) is 13.9. The Morgan fingerprint density at radius 2 is 2.05 bits per heavy atom. The van der Waals surface area contributed by atoms with Crippen LogP contribution in [0.15, 0.2) is 24.3 Å². The smallest absolute Gasteiger partial charge is 0.0623 e. The predicted octanol–water partition coefficient (Wildman–Crippen LogP) is 3.46. The van der Waals surface area contributed by atoms with E-state index in [1.807, 2.05) is 0 Å². The molecule has 2 nitrogen and oxygen atoms in total. The summed E-state index contributed by atoms with van der Waals surface area (Å²) < 4.78 is 5.52. The van der Waals surface area contributed by atoms with Crippen molar-refractivity contribution in [3.05, 3.63) is 35.4 Å². The van der Waals surface area contributed by atoms with Crippen LogP contribution in [0.5, 0.6) is 0 Å². The van der Waals surface area contributed by atoms with E-state index in [2.05, 4.69) is 38.1 Å². The summed E-state index contributed by atoms with van der Waals surface area (Å²) in [6.45, 7) is 4.48. The molecule has 1 N–H and O–H groups in total. The molecule has 0 radical (unpaired) electrons. The summed E-state index contributed by atoms with van der Waals surface area (Å²) in [7, 11) is 1.76. The van der Waals surface area contributed by atoms with Crippen molar-refractivity contribution in [1.29, 1.82) is 0 Å². The van der Waals surface area contributed by atoms with Crippen molar-refractivity contribution in [3.63, 3.8) is 0 Å². The van der Waals surface area contributed by atoms with E-state index in [1.165, 1.54) is 17.5 Å². The van der Waals surface area contributed by atoms with Crippen LogP contribution in [0.25, 0.3) is 0 Å². The van der Waals surface area contributed by atoms with Gasteiger partial charge < -0.3 is 9.84 Å². The third kappa shape index (κ3) is 3.01. The van der Waals surface area contributed by atoms with Crippen molar-refractivity contribution in [2.45, 2.75) is 57.0 Å². The lowest BCUT2D eigenvalue weighted by atomic mass is 9.67. The lowest BCUT2D eigenvalue weighted by Gasteiger charge is -2.40. The Morgan fingerprint density at radius 3 is 2.74 bits per heavy atom. The molecule has 0 fully saturated rings. The predicted molar refractivity (Wildman–Crippen MR) is 78.5 cm³/mol. The largest absolute Gasteiger partial charge is 0.395 e. The first-order chi connectivity index (χ1) is 9.03. The van der Waals surface area contributed by atoms with Crippen LogP contribution < -0.4 is 0 Å². The van der Waals surface area contributed by atoms with Crippen LogP contribution in [-0.2, 0) is 16.6 Å². The minimum Gasteiger partial charge on any atom is -0.395 e. The summed E-state index contributed by atoms with van der Waals surface area (Å²) in [5, 5.41) is 10.0. The zero-order valence-corrected chi connectivity index (χ0v) is 12.4. The number of aliphatic hydroxyl groups excluding tert-OH is 1. The average Bonchev–Trinajstić information content (AvgIpc) is 2.45. The van der Waals surface area contributed by atoms with E-state index in [1.54, 1.807) is 7.11 Å². The molecule has 1 aromatic rings. The van der Waals surface area contributed by atoms with Gasteiger partial charge in [-0.1, -0.05) is 24.3 Å². The van der Waals surface area contributed by atoms with Crippen LogP contribution >= 0.6 is 0 Å². The second-order valence-corrected chi connectivity index (χ2v) is 6.41. The van der Waals surface area contributed by atoms with E-state index < -0.39 is 0 Å². The Labute approximate surface area is 116 Å². The normalized spacial score (nSPS) is 23.2. The lowest BCUT2D eigenvalue weighted by molar-refractivity contribution is 0.00400. The van der Waals surface area contributed by atoms with Crippen molar-refractivity contribution >= 4 is 0 Å². The third-order valence-corrected chi connectivity index (χ3v) is 4.75. The van der Waals surface area contributed by atoms with E-state index in [4.69, 9.17) is 4.74 Å². The van der Waals surface area contributed by atoms with Crippen molar-refractivity contribution < 1.29 is 9.84 Å². The molecule has 0 aromatic heterocycles. The Hall–Kier alpha value is -0.860. The van der Waals surface area contributed by atoms with Crippen LogP contribution in [0.1, 0.15) is 50.7 Å². The molecule has 19 heavy (non-hydrogen) atoms. The SMILES string of the molecule is COC(C)(C)CCC1(CO)CCCc2ccccc21. The van der Waals surface area contributed by atoms with Gasteiger partial charge in [0.25, 0.3) is 0 Å². The van der Waals surface area contributed by atoms with Crippen molar-refractivity contribution in [3.8, 4) is 0 Å². The Bertz CT molecular complexity index is 425. The van der Waals surface area contributed by atoms with Gasteiger partial charge in [0, 0.05) is 12.5 Å². The first-order valence-electron chi connectivity index (χ1n) is 7.27. The number of benzene rings is 1. The van der Waals surface area contributed by atoms with Gasteiger partial charge in [0.15, 0.2) is 0 Å². The van der Waals surface area contributed by atoms with E-state index in [0.29, 0.717) is 0 Å². The molecule has 0 saturated carbocycles. The van der Waals surface area contributed by atoms with Crippen LogP contribution in [0.3, 0.4) is 0 Å². The third-order valence-electron chi connectivity index (χ3n) is 4.75. The number of fused-ring (bicyclic) bond motifs is 1. The molecule has 0 saturated heterocycles. The second-order valence-electron chi connectivity index (χ2n) is 6.41. The van der Waals surface area contributed by atoms with Crippen molar-refractivity contribution in [1.82, 2.24) is 0 Å². The monoisotopic (exact) mass is 262 g/mol. The first-order valence-corrected chi connectivity index (χ1v) is 7.27. The highest BCUT2D eigenvalue weighted by molar-refractivity contribution is 5.37. The molecule has 0 amide bonds. The van der Waals surface area contributed by atoms with Crippen LogP contribution in [-0.4, -0.2) is 24.4 Å². The maximum atomic E-state index is 10.0. The van der Waals surface area contributed by atoms with Gasteiger partial charge >= 0.3 is 0 Å². The summed E-state index contributed by atoms with van der Waals surface area (Å²) in [5.41, 5.74) is 2.59. The molecule has 0 aliphatic heterocycles. The van der Waals surface area contributed by atoms with Crippen LogP contribution in [0, 0.1) is 0 Å². The quantitative estimate of drug-likeness (QED) is 0.880. The van der Waals surface area contributed by atoms with E-state index in [9.17, 15) is 5.11 Å². The van der Waals surface area contributed by atoms with Gasteiger partial charge in [-0.25, -0.2) is 0 Å². The van der Waals surface area contributed by atoms with Gasteiger partial charge in [0.2, 0.25) is 0 Å². The zero-order valence-electron chi connectivity index (χ0n) is 12.4. The highest BCUT2D eigenvalue weighted by atomic mass is 16.5. The van der Waals surface area contributed by atoms with Gasteiger partial charge in [-0.2, -0.15) is 0 Å². The van der Waals surface area contributed by atoms with Gasteiger partial charge in [0.05, 0.1) is 12.2 Å². The molecule has 1 unspecified atom stereocenters. The molecule has 1 atom stereocenters. The molecule has 106 valence electrons. The summed E-state index contributed by atoms with van der Waals surface area (Å²) in [5.74, 6) is 0. The fourth-order valence-corrected chi connectivity index (χ4v) is 3.15. The first kappa shape index (κ1) is 14.5. The van der Waals surface area contributed by atoms with Gasteiger partial charge in [-0.05, 0) is 57.1 Å². The van der Waals surface area contributed by atoms with Crippen LogP contribution in [0.2, 0.25) is 0 Å². The van der Waals surface area contributed by atoms with Crippen molar-refractivity contribution in [2.24, 2.45) is 0 Å². The highest BCUT2D eigenvalue weighted by Crippen LogP contribution is 2.41. The summed E-state index contributed by atoms with van der Waals surface area (Å²) in [6, 6.07) is 8.60. The fraction of sp³-hybridized carbons (Fsp3) is 0.647. The molecular formula is C17H26O2. The Balaban J connectivity index is 2.24. The molecule has 2 rings (SSSR count). The Morgan fingerprint density at radius 1 is 1.32 bits per heavy atom. The number of aliphatic hydroxyl groups is 1. The molecule has 1 aliphatic rings. The number of rotatable bonds is 5. The molecule has 1 aliphatic carbocycles. The molecule has 0 spiro atoms. The van der Waals surface area contributed by atoms with E-state index >= 15 is 0 Å².